The maximum atomic E-state index is 11.2. The van der Waals surface area contributed by atoms with E-state index in [1.54, 1.807) is 0 Å². The summed E-state index contributed by atoms with van der Waals surface area (Å²) >= 11 is 0. The predicted molar refractivity (Wildman–Crippen MR) is 88.4 cm³/mol. The second-order valence-electron chi connectivity index (χ2n) is 8.90. The van der Waals surface area contributed by atoms with Gasteiger partial charge in [-0.15, -0.1) is 0 Å². The van der Waals surface area contributed by atoms with Gasteiger partial charge >= 0.3 is 0 Å². The van der Waals surface area contributed by atoms with Gasteiger partial charge in [0.2, 0.25) is 0 Å². The van der Waals surface area contributed by atoms with E-state index < -0.39 is 0 Å². The SMILES string of the molecule is OC1C2C(CCC[C@@H]1C1CCCC1)C[C@H](C1CCCC1)C2O. The summed E-state index contributed by atoms with van der Waals surface area (Å²) in [6.45, 7) is 0. The van der Waals surface area contributed by atoms with Crippen LogP contribution >= 0.6 is 0 Å². The van der Waals surface area contributed by atoms with Gasteiger partial charge in [-0.3, -0.25) is 0 Å². The van der Waals surface area contributed by atoms with E-state index in [9.17, 15) is 10.2 Å². The molecule has 126 valence electrons. The van der Waals surface area contributed by atoms with Crippen molar-refractivity contribution in [2.24, 2.45) is 35.5 Å². The zero-order valence-electron chi connectivity index (χ0n) is 14.0. The van der Waals surface area contributed by atoms with Crippen LogP contribution in [0.5, 0.6) is 0 Å². The van der Waals surface area contributed by atoms with Crippen molar-refractivity contribution >= 4 is 0 Å². The Hall–Kier alpha value is -0.0800. The highest BCUT2D eigenvalue weighted by Gasteiger charge is 2.51. The fraction of sp³-hybridized carbons (Fsp3) is 1.00. The molecule has 2 N–H and O–H groups in total. The molecule has 4 unspecified atom stereocenters. The highest BCUT2D eigenvalue weighted by molar-refractivity contribution is 5.01. The minimum Gasteiger partial charge on any atom is -0.392 e. The second-order valence-corrected chi connectivity index (χ2v) is 8.90. The summed E-state index contributed by atoms with van der Waals surface area (Å²) in [5, 5.41) is 22.2. The molecule has 6 atom stereocenters. The molecule has 0 bridgehead atoms. The van der Waals surface area contributed by atoms with Crippen LogP contribution in [-0.4, -0.2) is 22.4 Å². The molecule has 0 aromatic carbocycles. The summed E-state index contributed by atoms with van der Waals surface area (Å²) in [4.78, 5) is 0. The average molecular weight is 306 g/mol. The average Bonchev–Trinajstić information content (AvgIpc) is 3.23. The minimum absolute atomic E-state index is 0.193. The van der Waals surface area contributed by atoms with Crippen molar-refractivity contribution in [2.45, 2.75) is 89.3 Å². The highest BCUT2D eigenvalue weighted by atomic mass is 16.3. The summed E-state index contributed by atoms with van der Waals surface area (Å²) in [5.74, 6) is 3.26. The van der Waals surface area contributed by atoms with Crippen molar-refractivity contribution in [1.82, 2.24) is 0 Å². The standard InChI is InChI=1S/C20H34O2/c21-19-16(13-6-1-2-7-13)11-5-10-15-12-17(20(22)18(15)19)14-8-3-4-9-14/h13-22H,1-12H2/t15?,16-,17-,18?,19?,20?/m1/s1. The molecule has 0 aromatic heterocycles. The lowest BCUT2D eigenvalue weighted by molar-refractivity contribution is -0.0430. The third kappa shape index (κ3) is 2.65. The number of hydrogen-bond acceptors (Lipinski definition) is 2. The smallest absolute Gasteiger partial charge is 0.0626 e. The fourth-order valence-corrected chi connectivity index (χ4v) is 6.83. The van der Waals surface area contributed by atoms with E-state index >= 15 is 0 Å². The maximum absolute atomic E-state index is 11.2. The van der Waals surface area contributed by atoms with Gasteiger partial charge in [0.05, 0.1) is 12.2 Å². The molecule has 0 heterocycles. The lowest BCUT2D eigenvalue weighted by Gasteiger charge is -2.34. The molecule has 2 nitrogen and oxygen atoms in total. The Labute approximate surface area is 135 Å². The van der Waals surface area contributed by atoms with Gasteiger partial charge in [0.1, 0.15) is 0 Å². The van der Waals surface area contributed by atoms with E-state index in [1.165, 1.54) is 77.0 Å². The molecule has 0 saturated heterocycles. The van der Waals surface area contributed by atoms with Crippen molar-refractivity contribution in [1.29, 1.82) is 0 Å². The Balaban J connectivity index is 1.50. The van der Waals surface area contributed by atoms with Crippen LogP contribution in [0.15, 0.2) is 0 Å². The predicted octanol–water partition coefficient (Wildman–Crippen LogP) is 4.14. The fourth-order valence-electron chi connectivity index (χ4n) is 6.83. The second kappa shape index (κ2) is 6.43. The lowest BCUT2D eigenvalue weighted by Crippen LogP contribution is -2.40. The van der Waals surface area contributed by atoms with Crippen LogP contribution in [0.25, 0.3) is 0 Å². The first-order valence-corrected chi connectivity index (χ1v) is 10.1. The minimum atomic E-state index is -0.225. The van der Waals surface area contributed by atoms with Crippen LogP contribution in [0.4, 0.5) is 0 Å². The van der Waals surface area contributed by atoms with E-state index in [0.29, 0.717) is 17.8 Å². The quantitative estimate of drug-likeness (QED) is 0.805. The van der Waals surface area contributed by atoms with Crippen LogP contribution in [0.1, 0.15) is 77.0 Å². The van der Waals surface area contributed by atoms with Crippen molar-refractivity contribution < 1.29 is 10.2 Å². The molecule has 4 fully saturated rings. The Morgan fingerprint density at radius 2 is 1.00 bits per heavy atom. The number of aliphatic hydroxyl groups excluding tert-OH is 2. The van der Waals surface area contributed by atoms with Crippen molar-refractivity contribution in [3.05, 3.63) is 0 Å². The number of aliphatic hydroxyl groups is 2. The van der Waals surface area contributed by atoms with E-state index in [1.807, 2.05) is 0 Å². The molecule has 0 aliphatic heterocycles. The summed E-state index contributed by atoms with van der Waals surface area (Å²) in [5.41, 5.74) is 0. The molecule has 4 aliphatic rings. The normalized spacial score (nSPS) is 47.7. The maximum Gasteiger partial charge on any atom is 0.0626 e. The zero-order chi connectivity index (χ0) is 15.1. The third-order valence-corrected chi connectivity index (χ3v) is 7.91. The van der Waals surface area contributed by atoms with Crippen LogP contribution in [0.2, 0.25) is 0 Å². The topological polar surface area (TPSA) is 40.5 Å². The van der Waals surface area contributed by atoms with Gasteiger partial charge in [-0.25, -0.2) is 0 Å². The van der Waals surface area contributed by atoms with Gasteiger partial charge < -0.3 is 10.2 Å². The molecule has 22 heavy (non-hydrogen) atoms. The molecule has 4 aliphatic carbocycles. The van der Waals surface area contributed by atoms with Gasteiger partial charge in [0.15, 0.2) is 0 Å². The van der Waals surface area contributed by atoms with Gasteiger partial charge in [0.25, 0.3) is 0 Å². The van der Waals surface area contributed by atoms with Crippen LogP contribution < -0.4 is 0 Å². The molecule has 4 saturated carbocycles. The number of rotatable bonds is 2. The molecule has 0 radical (unpaired) electrons. The highest BCUT2D eigenvalue weighted by Crippen LogP contribution is 2.52. The third-order valence-electron chi connectivity index (χ3n) is 7.91. The Bertz CT molecular complexity index is 370. The molecule has 0 amide bonds. The van der Waals surface area contributed by atoms with Gasteiger partial charge in [-0.1, -0.05) is 57.8 Å². The first-order valence-electron chi connectivity index (χ1n) is 10.1. The van der Waals surface area contributed by atoms with E-state index in [4.69, 9.17) is 0 Å². The molecular formula is C20H34O2. The summed E-state index contributed by atoms with van der Waals surface area (Å²) in [6.07, 6.45) is 15.2. The molecule has 2 heteroatoms. The summed E-state index contributed by atoms with van der Waals surface area (Å²) in [7, 11) is 0. The molecule has 0 spiro atoms. The first-order chi connectivity index (χ1) is 10.8. The Morgan fingerprint density at radius 1 is 0.500 bits per heavy atom. The Kier molecular flexibility index (Phi) is 4.52. The van der Waals surface area contributed by atoms with E-state index in [0.717, 1.165) is 11.8 Å². The summed E-state index contributed by atoms with van der Waals surface area (Å²) in [6, 6.07) is 0. The van der Waals surface area contributed by atoms with Crippen molar-refractivity contribution in [3.63, 3.8) is 0 Å². The zero-order valence-corrected chi connectivity index (χ0v) is 14.0. The molecular weight excluding hydrogens is 272 g/mol. The molecule has 0 aromatic rings. The lowest BCUT2D eigenvalue weighted by atomic mass is 9.76. The van der Waals surface area contributed by atoms with Crippen molar-refractivity contribution in [2.75, 3.05) is 0 Å². The molecule has 4 rings (SSSR count). The number of fused-ring (bicyclic) bond motifs is 1. The monoisotopic (exact) mass is 306 g/mol. The van der Waals surface area contributed by atoms with Gasteiger partial charge in [0, 0.05) is 5.92 Å². The number of hydrogen-bond donors (Lipinski definition) is 2. The van der Waals surface area contributed by atoms with Gasteiger partial charge in [-0.2, -0.15) is 0 Å². The van der Waals surface area contributed by atoms with E-state index in [2.05, 4.69) is 0 Å². The largest absolute Gasteiger partial charge is 0.392 e. The Morgan fingerprint density at radius 3 is 1.64 bits per heavy atom. The van der Waals surface area contributed by atoms with Crippen LogP contribution in [0, 0.1) is 35.5 Å². The summed E-state index contributed by atoms with van der Waals surface area (Å²) < 4.78 is 0. The van der Waals surface area contributed by atoms with Gasteiger partial charge in [-0.05, 0) is 48.9 Å². The van der Waals surface area contributed by atoms with E-state index in [-0.39, 0.29) is 18.1 Å². The van der Waals surface area contributed by atoms with Crippen LogP contribution in [-0.2, 0) is 0 Å². The van der Waals surface area contributed by atoms with Crippen LogP contribution in [0.3, 0.4) is 0 Å². The first kappa shape index (κ1) is 15.4. The van der Waals surface area contributed by atoms with Crippen molar-refractivity contribution in [3.8, 4) is 0 Å².